The molecule has 0 bridgehead atoms. The van der Waals surface area contributed by atoms with Crippen LogP contribution in [0.3, 0.4) is 0 Å². The summed E-state index contributed by atoms with van der Waals surface area (Å²) in [5.74, 6) is 1.95. The summed E-state index contributed by atoms with van der Waals surface area (Å²) in [6.07, 6.45) is 0. The molecule has 0 aliphatic carbocycles. The van der Waals surface area contributed by atoms with Crippen molar-refractivity contribution in [3.05, 3.63) is 188 Å². The van der Waals surface area contributed by atoms with E-state index >= 15 is 0 Å². The number of fused-ring (bicyclic) bond motifs is 4. The molecule has 3 nitrogen and oxygen atoms in total. The van der Waals surface area contributed by atoms with E-state index in [1.54, 1.807) is 11.3 Å². The molecule has 0 aliphatic rings. The summed E-state index contributed by atoms with van der Waals surface area (Å²) in [5, 5.41) is 4.70. The van der Waals surface area contributed by atoms with E-state index in [1.807, 2.05) is 6.07 Å². The molecule has 0 saturated carbocycles. The highest BCUT2D eigenvalue weighted by atomic mass is 32.1. The highest BCUT2D eigenvalue weighted by Gasteiger charge is 2.20. The van der Waals surface area contributed by atoms with Gasteiger partial charge in [-0.25, -0.2) is 15.0 Å². The minimum absolute atomic E-state index is 0.645. The highest BCUT2D eigenvalue weighted by molar-refractivity contribution is 7.26. The van der Waals surface area contributed by atoms with E-state index in [1.165, 1.54) is 42.4 Å². The van der Waals surface area contributed by atoms with Crippen molar-refractivity contribution in [1.29, 1.82) is 0 Å². The van der Waals surface area contributed by atoms with E-state index in [4.69, 9.17) is 15.0 Å². The van der Waals surface area contributed by atoms with E-state index < -0.39 is 0 Å². The third-order valence-electron chi connectivity index (χ3n) is 9.98. The molecule has 0 radical (unpaired) electrons. The maximum Gasteiger partial charge on any atom is 0.165 e. The molecule has 0 spiro atoms. The molecule has 2 aromatic heterocycles. The molecular weight excluding hydrogens is 663 g/mol. The number of rotatable bonds is 6. The van der Waals surface area contributed by atoms with Gasteiger partial charge in [-0.2, -0.15) is 0 Å². The minimum atomic E-state index is 0.645. The number of thiophene rings is 1. The van der Waals surface area contributed by atoms with Crippen LogP contribution < -0.4 is 0 Å². The Labute approximate surface area is 311 Å². The zero-order chi connectivity index (χ0) is 35.1. The first-order valence-corrected chi connectivity index (χ1v) is 18.6. The fourth-order valence-corrected chi connectivity index (χ4v) is 8.66. The van der Waals surface area contributed by atoms with Crippen molar-refractivity contribution in [2.45, 2.75) is 0 Å². The molecule has 0 N–H and O–H groups in total. The van der Waals surface area contributed by atoms with E-state index in [0.717, 1.165) is 38.6 Å². The largest absolute Gasteiger partial charge is 0.208 e. The van der Waals surface area contributed by atoms with Crippen molar-refractivity contribution in [3.8, 4) is 67.5 Å². The number of hydrogen-bond acceptors (Lipinski definition) is 4. The summed E-state index contributed by atoms with van der Waals surface area (Å²) in [7, 11) is 0. The molecule has 4 heteroatoms. The van der Waals surface area contributed by atoms with Crippen LogP contribution in [0.5, 0.6) is 0 Å². The molecule has 10 aromatic rings. The van der Waals surface area contributed by atoms with Gasteiger partial charge in [0.25, 0.3) is 0 Å². The zero-order valence-electron chi connectivity index (χ0n) is 28.6. The van der Waals surface area contributed by atoms with Gasteiger partial charge in [-0.15, -0.1) is 11.3 Å². The van der Waals surface area contributed by atoms with Gasteiger partial charge in [0.15, 0.2) is 17.5 Å². The van der Waals surface area contributed by atoms with Crippen molar-refractivity contribution < 1.29 is 0 Å². The molecule has 53 heavy (non-hydrogen) atoms. The Morgan fingerprint density at radius 2 is 0.774 bits per heavy atom. The maximum atomic E-state index is 5.31. The Morgan fingerprint density at radius 3 is 1.55 bits per heavy atom. The van der Waals surface area contributed by atoms with Gasteiger partial charge in [0.05, 0.1) is 0 Å². The van der Waals surface area contributed by atoms with Crippen LogP contribution in [-0.2, 0) is 0 Å². The molecule has 2 heterocycles. The fourth-order valence-electron chi connectivity index (χ4n) is 7.45. The molecule has 0 atom stereocenters. The van der Waals surface area contributed by atoms with Gasteiger partial charge in [-0.1, -0.05) is 164 Å². The second kappa shape index (κ2) is 13.1. The number of hydrogen-bond donors (Lipinski definition) is 0. The summed E-state index contributed by atoms with van der Waals surface area (Å²) in [5.41, 5.74) is 9.85. The van der Waals surface area contributed by atoms with E-state index in [9.17, 15) is 0 Å². The van der Waals surface area contributed by atoms with E-state index in [2.05, 4.69) is 182 Å². The Hall–Kier alpha value is -6.75. The van der Waals surface area contributed by atoms with Crippen LogP contribution in [0, 0.1) is 0 Å². The molecule has 0 saturated heterocycles. The zero-order valence-corrected chi connectivity index (χ0v) is 29.5. The van der Waals surface area contributed by atoms with Gasteiger partial charge >= 0.3 is 0 Å². The quantitative estimate of drug-likeness (QED) is 0.174. The topological polar surface area (TPSA) is 38.7 Å². The first-order valence-electron chi connectivity index (χ1n) is 17.8. The Kier molecular flexibility index (Phi) is 7.67. The molecule has 8 aromatic carbocycles. The van der Waals surface area contributed by atoms with E-state index in [-0.39, 0.29) is 0 Å². The number of benzene rings is 8. The first kappa shape index (κ1) is 31.0. The summed E-state index contributed by atoms with van der Waals surface area (Å²) in [4.78, 5) is 15.9. The second-order valence-electron chi connectivity index (χ2n) is 13.2. The lowest BCUT2D eigenvalue weighted by Crippen LogP contribution is -2.01. The SMILES string of the molecule is c1ccc(-c2cccc(-c3ccc(-c4nc(-c5ccccc5-c5ccccc5)nc(-c5cccc6c5sc5ccccc56)n4)c4ccccc34)c2)cc1. The normalized spacial score (nSPS) is 11.4. The van der Waals surface area contributed by atoms with Crippen molar-refractivity contribution in [2.75, 3.05) is 0 Å². The Morgan fingerprint density at radius 1 is 0.283 bits per heavy atom. The van der Waals surface area contributed by atoms with Crippen LogP contribution in [0.2, 0.25) is 0 Å². The predicted octanol–water partition coefficient (Wildman–Crippen LogP) is 13.4. The minimum Gasteiger partial charge on any atom is -0.208 e. The van der Waals surface area contributed by atoms with Crippen molar-refractivity contribution in [3.63, 3.8) is 0 Å². The van der Waals surface area contributed by atoms with Crippen molar-refractivity contribution >= 4 is 42.3 Å². The van der Waals surface area contributed by atoms with Crippen LogP contribution in [0.4, 0.5) is 0 Å². The van der Waals surface area contributed by atoms with Crippen molar-refractivity contribution in [2.24, 2.45) is 0 Å². The highest BCUT2D eigenvalue weighted by Crippen LogP contribution is 2.41. The lowest BCUT2D eigenvalue weighted by atomic mass is 9.93. The average Bonchev–Trinajstić information content (AvgIpc) is 3.63. The molecule has 10 rings (SSSR count). The molecule has 0 amide bonds. The van der Waals surface area contributed by atoms with E-state index in [0.29, 0.717) is 17.5 Å². The van der Waals surface area contributed by atoms with Crippen LogP contribution >= 0.6 is 11.3 Å². The fraction of sp³-hybridized carbons (Fsp3) is 0. The van der Waals surface area contributed by atoms with Gasteiger partial charge < -0.3 is 0 Å². The smallest absolute Gasteiger partial charge is 0.165 e. The second-order valence-corrected chi connectivity index (χ2v) is 14.2. The third kappa shape index (κ3) is 5.57. The summed E-state index contributed by atoms with van der Waals surface area (Å²) in [6, 6.07) is 66.2. The van der Waals surface area contributed by atoms with Gasteiger partial charge in [0, 0.05) is 36.9 Å². The Balaban J connectivity index is 1.20. The standard InChI is InChI=1S/C49H31N3S/c1-3-15-32(16-4-1)34-19-13-20-35(31-34)37-29-30-43(39-23-9-8-22-38(37)39)48-50-47(42-25-10-7-21-36(42)33-17-5-2-6-18-33)51-49(52-48)44-27-14-26-41-40-24-11-12-28-45(40)53-46(41)44/h1-31H. The monoisotopic (exact) mass is 693 g/mol. The molecule has 248 valence electrons. The summed E-state index contributed by atoms with van der Waals surface area (Å²) in [6.45, 7) is 0. The van der Waals surface area contributed by atoms with Crippen molar-refractivity contribution in [1.82, 2.24) is 15.0 Å². The third-order valence-corrected chi connectivity index (χ3v) is 11.2. The van der Waals surface area contributed by atoms with Crippen LogP contribution in [0.25, 0.3) is 98.5 Å². The lowest BCUT2D eigenvalue weighted by molar-refractivity contribution is 1.08. The summed E-state index contributed by atoms with van der Waals surface area (Å²) >= 11 is 1.79. The average molecular weight is 694 g/mol. The maximum absolute atomic E-state index is 5.31. The predicted molar refractivity (Wildman–Crippen MR) is 223 cm³/mol. The van der Waals surface area contributed by atoms with Crippen LogP contribution in [0.1, 0.15) is 0 Å². The van der Waals surface area contributed by atoms with Gasteiger partial charge in [-0.3, -0.25) is 0 Å². The van der Waals surface area contributed by atoms with Crippen LogP contribution in [0.15, 0.2) is 188 Å². The number of aromatic nitrogens is 3. The lowest BCUT2D eigenvalue weighted by Gasteiger charge is -2.15. The molecule has 0 unspecified atom stereocenters. The van der Waals surface area contributed by atoms with Gasteiger partial charge in [0.2, 0.25) is 0 Å². The van der Waals surface area contributed by atoms with Gasteiger partial charge in [-0.05, 0) is 68.4 Å². The Bertz CT molecular complexity index is 2950. The first-order chi connectivity index (χ1) is 26.3. The molecule has 0 aliphatic heterocycles. The molecule has 0 fully saturated rings. The van der Waals surface area contributed by atoms with Crippen LogP contribution in [-0.4, -0.2) is 15.0 Å². The van der Waals surface area contributed by atoms with Gasteiger partial charge in [0.1, 0.15) is 0 Å². The number of nitrogens with zero attached hydrogens (tertiary/aromatic N) is 3. The molecular formula is C49H31N3S. The summed E-state index contributed by atoms with van der Waals surface area (Å²) < 4.78 is 2.42.